The number of hydrogen-bond acceptors (Lipinski definition) is 7. The zero-order chi connectivity index (χ0) is 20.7. The Balaban J connectivity index is 1.66. The molecule has 1 N–H and O–H groups in total. The second kappa shape index (κ2) is 7.00. The zero-order valence-electron chi connectivity index (χ0n) is 16.3. The Bertz CT molecular complexity index is 1440. The molecule has 0 aliphatic rings. The van der Waals surface area contributed by atoms with Gasteiger partial charge in [0.1, 0.15) is 11.6 Å². The molecule has 0 aliphatic heterocycles. The van der Waals surface area contributed by atoms with E-state index in [1.54, 1.807) is 32.6 Å². The van der Waals surface area contributed by atoms with Crippen LogP contribution in [0.15, 0.2) is 70.1 Å². The van der Waals surface area contributed by atoms with Crippen molar-refractivity contribution in [2.24, 2.45) is 7.05 Å². The minimum absolute atomic E-state index is 0.404. The van der Waals surface area contributed by atoms with E-state index in [1.807, 2.05) is 42.5 Å². The van der Waals surface area contributed by atoms with Gasteiger partial charge in [0.05, 0.1) is 18.1 Å². The van der Waals surface area contributed by atoms with Crippen LogP contribution in [0.3, 0.4) is 0 Å². The zero-order valence-corrected chi connectivity index (χ0v) is 16.3. The Morgan fingerprint density at radius 1 is 1.10 bits per heavy atom. The second-order valence-corrected chi connectivity index (χ2v) is 6.76. The van der Waals surface area contributed by atoms with Crippen LogP contribution >= 0.6 is 0 Å². The molecular formula is C22H17N5O3. The average Bonchev–Trinajstić information content (AvgIpc) is 3.07. The lowest BCUT2D eigenvalue weighted by Gasteiger charge is -2.12. The van der Waals surface area contributed by atoms with Crippen molar-refractivity contribution in [3.8, 4) is 17.1 Å². The smallest absolute Gasteiger partial charge is 0.419 e. The van der Waals surface area contributed by atoms with E-state index in [-0.39, 0.29) is 0 Å². The standard InChI is InChI=1S/C22H17N5O3/c1-27-18-8-5-14(10-19(18)30-22(27)28)24-21-16-11-15(29-2)6-7-17(16)25-20(26-21)13-4-3-9-23-12-13/h3-12H,1-2H3,(H,24,25,26). The van der Waals surface area contributed by atoms with Gasteiger partial charge in [-0.05, 0) is 42.5 Å². The number of nitrogens with one attached hydrogen (secondary N) is 1. The molecule has 0 aliphatic carbocycles. The molecule has 0 radical (unpaired) electrons. The van der Waals surface area contributed by atoms with Gasteiger partial charge < -0.3 is 14.5 Å². The van der Waals surface area contributed by atoms with Crippen LogP contribution in [0.2, 0.25) is 0 Å². The number of aromatic nitrogens is 4. The molecule has 0 unspecified atom stereocenters. The highest BCUT2D eigenvalue weighted by Crippen LogP contribution is 2.30. The van der Waals surface area contributed by atoms with E-state index in [2.05, 4.69) is 15.3 Å². The van der Waals surface area contributed by atoms with Gasteiger partial charge in [0.2, 0.25) is 0 Å². The van der Waals surface area contributed by atoms with Crippen molar-refractivity contribution in [2.75, 3.05) is 12.4 Å². The number of fused-ring (bicyclic) bond motifs is 2. The van der Waals surface area contributed by atoms with Gasteiger partial charge in [0, 0.05) is 42.1 Å². The summed E-state index contributed by atoms with van der Waals surface area (Å²) in [6.07, 6.45) is 3.43. The Labute approximate surface area is 170 Å². The topological polar surface area (TPSA) is 95.1 Å². The van der Waals surface area contributed by atoms with Crippen molar-refractivity contribution in [3.63, 3.8) is 0 Å². The van der Waals surface area contributed by atoms with E-state index in [1.165, 1.54) is 4.57 Å². The molecule has 0 amide bonds. The highest BCUT2D eigenvalue weighted by Gasteiger charge is 2.13. The van der Waals surface area contributed by atoms with Crippen molar-refractivity contribution >= 4 is 33.5 Å². The number of pyridine rings is 1. The van der Waals surface area contributed by atoms with Gasteiger partial charge in [-0.2, -0.15) is 0 Å². The van der Waals surface area contributed by atoms with Gasteiger partial charge >= 0.3 is 5.76 Å². The summed E-state index contributed by atoms with van der Waals surface area (Å²) in [6, 6.07) is 14.9. The molecule has 0 bridgehead atoms. The summed E-state index contributed by atoms with van der Waals surface area (Å²) in [7, 11) is 3.29. The Morgan fingerprint density at radius 3 is 2.80 bits per heavy atom. The summed E-state index contributed by atoms with van der Waals surface area (Å²) in [4.78, 5) is 25.4. The van der Waals surface area contributed by atoms with E-state index in [0.717, 1.165) is 27.7 Å². The van der Waals surface area contributed by atoms with Crippen LogP contribution in [0.1, 0.15) is 0 Å². The van der Waals surface area contributed by atoms with Crippen molar-refractivity contribution in [2.45, 2.75) is 0 Å². The molecular weight excluding hydrogens is 382 g/mol. The van der Waals surface area contributed by atoms with Crippen molar-refractivity contribution in [3.05, 3.63) is 71.5 Å². The van der Waals surface area contributed by atoms with E-state index in [9.17, 15) is 4.79 Å². The predicted octanol–water partition coefficient (Wildman–Crippen LogP) is 3.89. The number of aryl methyl sites for hydroxylation is 1. The first-order chi connectivity index (χ1) is 14.6. The number of rotatable bonds is 4. The van der Waals surface area contributed by atoms with E-state index >= 15 is 0 Å². The second-order valence-electron chi connectivity index (χ2n) is 6.76. The lowest BCUT2D eigenvalue weighted by atomic mass is 10.2. The van der Waals surface area contributed by atoms with Gasteiger partial charge in [-0.25, -0.2) is 14.8 Å². The molecule has 0 fully saturated rings. The molecule has 0 saturated carbocycles. The molecule has 148 valence electrons. The van der Waals surface area contributed by atoms with Crippen LogP contribution in [0.25, 0.3) is 33.4 Å². The van der Waals surface area contributed by atoms with Gasteiger partial charge in [-0.3, -0.25) is 9.55 Å². The van der Waals surface area contributed by atoms with Crippen LogP contribution in [-0.2, 0) is 7.05 Å². The largest absolute Gasteiger partial charge is 0.497 e. The van der Waals surface area contributed by atoms with E-state index in [4.69, 9.17) is 14.1 Å². The molecule has 30 heavy (non-hydrogen) atoms. The SMILES string of the molecule is COc1ccc2nc(-c3cccnc3)nc(Nc3ccc4c(c3)oc(=O)n4C)c2c1. The summed E-state index contributed by atoms with van der Waals surface area (Å²) in [5.41, 5.74) is 3.52. The molecule has 8 heteroatoms. The maximum Gasteiger partial charge on any atom is 0.419 e. The summed E-state index contributed by atoms with van der Waals surface area (Å²) >= 11 is 0. The third-order valence-corrected chi connectivity index (χ3v) is 4.88. The molecule has 3 heterocycles. The number of ether oxygens (including phenoxy) is 1. The number of nitrogens with zero attached hydrogens (tertiary/aromatic N) is 4. The molecule has 2 aromatic carbocycles. The number of methoxy groups -OCH3 is 1. The third-order valence-electron chi connectivity index (χ3n) is 4.88. The van der Waals surface area contributed by atoms with Crippen LogP contribution in [-0.4, -0.2) is 26.6 Å². The Hall–Kier alpha value is -4.20. The average molecular weight is 399 g/mol. The summed E-state index contributed by atoms with van der Waals surface area (Å²) in [6.45, 7) is 0. The van der Waals surface area contributed by atoms with Crippen LogP contribution in [0.4, 0.5) is 11.5 Å². The van der Waals surface area contributed by atoms with Crippen molar-refractivity contribution in [1.29, 1.82) is 0 Å². The fourth-order valence-electron chi connectivity index (χ4n) is 3.30. The first-order valence-corrected chi connectivity index (χ1v) is 9.25. The van der Waals surface area contributed by atoms with Crippen molar-refractivity contribution in [1.82, 2.24) is 19.5 Å². The van der Waals surface area contributed by atoms with Gasteiger partial charge in [0.15, 0.2) is 11.4 Å². The fraction of sp³-hybridized carbons (Fsp3) is 0.0909. The maximum atomic E-state index is 11.8. The molecule has 0 atom stereocenters. The van der Waals surface area contributed by atoms with E-state index in [0.29, 0.717) is 23.0 Å². The normalized spacial score (nSPS) is 11.1. The quantitative estimate of drug-likeness (QED) is 0.490. The number of hydrogen-bond donors (Lipinski definition) is 1. The lowest BCUT2D eigenvalue weighted by Crippen LogP contribution is -2.08. The molecule has 5 aromatic rings. The Morgan fingerprint density at radius 2 is 2.00 bits per heavy atom. The first kappa shape index (κ1) is 17.9. The molecule has 5 rings (SSSR count). The fourth-order valence-corrected chi connectivity index (χ4v) is 3.30. The van der Waals surface area contributed by atoms with Crippen LogP contribution in [0, 0.1) is 0 Å². The molecule has 8 nitrogen and oxygen atoms in total. The number of benzene rings is 2. The van der Waals surface area contributed by atoms with Gasteiger partial charge in [0.25, 0.3) is 0 Å². The summed E-state index contributed by atoms with van der Waals surface area (Å²) in [5, 5.41) is 4.13. The number of oxazole rings is 1. The van der Waals surface area contributed by atoms with Crippen molar-refractivity contribution < 1.29 is 9.15 Å². The monoisotopic (exact) mass is 399 g/mol. The van der Waals surface area contributed by atoms with Gasteiger partial charge in [-0.15, -0.1) is 0 Å². The lowest BCUT2D eigenvalue weighted by molar-refractivity contribution is 0.415. The van der Waals surface area contributed by atoms with Crippen LogP contribution in [0.5, 0.6) is 5.75 Å². The maximum absolute atomic E-state index is 11.8. The molecule has 3 aromatic heterocycles. The Kier molecular flexibility index (Phi) is 4.17. The first-order valence-electron chi connectivity index (χ1n) is 9.25. The van der Waals surface area contributed by atoms with E-state index < -0.39 is 5.76 Å². The summed E-state index contributed by atoms with van der Waals surface area (Å²) in [5.74, 6) is 1.46. The predicted molar refractivity (Wildman–Crippen MR) is 114 cm³/mol. The number of anilines is 2. The van der Waals surface area contributed by atoms with Crippen LogP contribution < -0.4 is 15.8 Å². The minimum atomic E-state index is -0.404. The molecule has 0 spiro atoms. The van der Waals surface area contributed by atoms with Gasteiger partial charge in [-0.1, -0.05) is 0 Å². The minimum Gasteiger partial charge on any atom is -0.497 e. The highest BCUT2D eigenvalue weighted by molar-refractivity contribution is 5.94. The summed E-state index contributed by atoms with van der Waals surface area (Å²) < 4.78 is 12.1. The molecule has 0 saturated heterocycles. The third kappa shape index (κ3) is 3.04. The highest BCUT2D eigenvalue weighted by atomic mass is 16.5.